The van der Waals surface area contributed by atoms with Crippen molar-refractivity contribution in [1.82, 2.24) is 15.5 Å². The van der Waals surface area contributed by atoms with Crippen LogP contribution < -0.4 is 10.6 Å². The maximum atomic E-state index is 12.1. The average Bonchev–Trinajstić information content (AvgIpc) is 3.02. The molecule has 0 atom stereocenters. The molecule has 2 N–H and O–H groups in total. The van der Waals surface area contributed by atoms with Crippen LogP contribution in [0.3, 0.4) is 0 Å². The first-order valence-electron chi connectivity index (χ1n) is 7.96. The molecule has 2 aliphatic rings. The normalized spacial score (nSPS) is 19.8. The average molecular weight is 378 g/mol. The molecule has 5 nitrogen and oxygen atoms in total. The lowest BCUT2D eigenvalue weighted by atomic mass is 9.96. The number of fused-ring (bicyclic) bond motifs is 1. The van der Waals surface area contributed by atoms with Gasteiger partial charge in [-0.3, -0.25) is 14.9 Å². The summed E-state index contributed by atoms with van der Waals surface area (Å²) in [7, 11) is 0. The van der Waals surface area contributed by atoms with Crippen LogP contribution in [-0.2, 0) is 4.79 Å². The van der Waals surface area contributed by atoms with E-state index in [0.717, 1.165) is 24.0 Å². The third-order valence-electron chi connectivity index (χ3n) is 4.23. The van der Waals surface area contributed by atoms with Crippen LogP contribution in [0.4, 0.5) is 0 Å². The lowest BCUT2D eigenvalue weighted by Gasteiger charge is -2.19. The third kappa shape index (κ3) is 3.82. The number of imide groups is 1. The SMILES string of the molecule is O=C1NC(=O)c2ccc(Br)cc2C1=CNCCCN1CCCC1. The van der Waals surface area contributed by atoms with Crippen molar-refractivity contribution >= 4 is 33.3 Å². The van der Waals surface area contributed by atoms with Gasteiger partial charge in [0.1, 0.15) is 0 Å². The van der Waals surface area contributed by atoms with E-state index in [-0.39, 0.29) is 11.8 Å². The Hall–Kier alpha value is -1.66. The van der Waals surface area contributed by atoms with Crippen molar-refractivity contribution in [1.29, 1.82) is 0 Å². The molecule has 0 saturated carbocycles. The number of benzene rings is 1. The summed E-state index contributed by atoms with van der Waals surface area (Å²) in [6.07, 6.45) is 5.36. The molecule has 0 radical (unpaired) electrons. The number of hydrogen-bond acceptors (Lipinski definition) is 4. The number of rotatable bonds is 5. The first-order chi connectivity index (χ1) is 11.1. The van der Waals surface area contributed by atoms with Crippen LogP contribution in [-0.4, -0.2) is 42.9 Å². The highest BCUT2D eigenvalue weighted by Crippen LogP contribution is 2.26. The Kier molecular flexibility index (Phi) is 5.13. The van der Waals surface area contributed by atoms with Crippen LogP contribution in [0, 0.1) is 0 Å². The molecule has 1 aromatic rings. The highest BCUT2D eigenvalue weighted by molar-refractivity contribution is 9.10. The second-order valence-electron chi connectivity index (χ2n) is 5.89. The zero-order valence-electron chi connectivity index (χ0n) is 12.9. The highest BCUT2D eigenvalue weighted by Gasteiger charge is 2.27. The van der Waals surface area contributed by atoms with Gasteiger partial charge in [-0.25, -0.2) is 0 Å². The van der Waals surface area contributed by atoms with Gasteiger partial charge in [0, 0.05) is 28.3 Å². The van der Waals surface area contributed by atoms with Gasteiger partial charge in [0.2, 0.25) is 0 Å². The molecule has 0 aliphatic carbocycles. The van der Waals surface area contributed by atoms with E-state index < -0.39 is 0 Å². The van der Waals surface area contributed by atoms with Crippen molar-refractivity contribution in [3.63, 3.8) is 0 Å². The molecular weight excluding hydrogens is 358 g/mol. The van der Waals surface area contributed by atoms with Gasteiger partial charge in [0.15, 0.2) is 0 Å². The van der Waals surface area contributed by atoms with Crippen molar-refractivity contribution in [2.24, 2.45) is 0 Å². The number of hydrogen-bond donors (Lipinski definition) is 2. The van der Waals surface area contributed by atoms with Gasteiger partial charge < -0.3 is 10.2 Å². The number of nitrogens with one attached hydrogen (secondary N) is 2. The van der Waals surface area contributed by atoms with Gasteiger partial charge in [-0.05, 0) is 57.1 Å². The minimum Gasteiger partial charge on any atom is -0.390 e. The topological polar surface area (TPSA) is 61.4 Å². The molecule has 2 heterocycles. The number of amides is 2. The highest BCUT2D eigenvalue weighted by atomic mass is 79.9. The Bertz CT molecular complexity index is 651. The summed E-state index contributed by atoms with van der Waals surface area (Å²) in [6, 6.07) is 5.33. The van der Waals surface area contributed by atoms with Crippen molar-refractivity contribution in [3.8, 4) is 0 Å². The van der Waals surface area contributed by atoms with Crippen LogP contribution in [0.25, 0.3) is 5.57 Å². The maximum absolute atomic E-state index is 12.1. The number of halogens is 1. The van der Waals surface area contributed by atoms with Gasteiger partial charge in [0.25, 0.3) is 11.8 Å². The standard InChI is InChI=1S/C17H20BrN3O2/c18-12-4-5-13-14(10-12)15(17(23)20-16(13)22)11-19-6-3-9-21-7-1-2-8-21/h4-5,10-11,19H,1-3,6-9H2,(H,20,22,23). The van der Waals surface area contributed by atoms with E-state index in [4.69, 9.17) is 0 Å². The van der Waals surface area contributed by atoms with Crippen LogP contribution in [0.1, 0.15) is 35.2 Å². The summed E-state index contributed by atoms with van der Waals surface area (Å²) in [5.41, 5.74) is 1.69. The first kappa shape index (κ1) is 16.2. The summed E-state index contributed by atoms with van der Waals surface area (Å²) >= 11 is 3.39. The van der Waals surface area contributed by atoms with Crippen molar-refractivity contribution in [2.75, 3.05) is 26.2 Å². The third-order valence-corrected chi connectivity index (χ3v) is 4.72. The number of carbonyl (C=O) groups excluding carboxylic acids is 2. The van der Waals surface area contributed by atoms with Crippen LogP contribution >= 0.6 is 15.9 Å². The Morgan fingerprint density at radius 1 is 1.17 bits per heavy atom. The molecule has 0 bridgehead atoms. The van der Waals surface area contributed by atoms with E-state index in [1.807, 2.05) is 6.07 Å². The summed E-state index contributed by atoms with van der Waals surface area (Å²) in [4.78, 5) is 26.4. The molecule has 2 amide bonds. The smallest absolute Gasteiger partial charge is 0.260 e. The molecule has 1 aromatic carbocycles. The fraction of sp³-hybridized carbons (Fsp3) is 0.412. The fourth-order valence-corrected chi connectivity index (χ4v) is 3.39. The molecule has 2 aliphatic heterocycles. The zero-order chi connectivity index (χ0) is 16.2. The van der Waals surface area contributed by atoms with Gasteiger partial charge in [-0.15, -0.1) is 0 Å². The maximum Gasteiger partial charge on any atom is 0.260 e. The summed E-state index contributed by atoms with van der Waals surface area (Å²) in [6.45, 7) is 4.30. The van der Waals surface area contributed by atoms with E-state index in [1.165, 1.54) is 25.9 Å². The summed E-state index contributed by atoms with van der Waals surface area (Å²) in [5.74, 6) is -0.698. The Morgan fingerprint density at radius 2 is 1.96 bits per heavy atom. The first-order valence-corrected chi connectivity index (χ1v) is 8.76. The van der Waals surface area contributed by atoms with E-state index in [0.29, 0.717) is 16.7 Å². The van der Waals surface area contributed by atoms with Crippen molar-refractivity contribution in [3.05, 3.63) is 40.0 Å². The molecule has 0 spiro atoms. The van der Waals surface area contributed by atoms with E-state index in [1.54, 1.807) is 18.3 Å². The number of carbonyl (C=O) groups is 2. The molecule has 122 valence electrons. The van der Waals surface area contributed by atoms with Crippen LogP contribution in [0.5, 0.6) is 0 Å². The van der Waals surface area contributed by atoms with Crippen LogP contribution in [0.2, 0.25) is 0 Å². The minimum atomic E-state index is -0.354. The van der Waals surface area contributed by atoms with Gasteiger partial charge >= 0.3 is 0 Å². The predicted molar refractivity (Wildman–Crippen MR) is 92.9 cm³/mol. The zero-order valence-corrected chi connectivity index (χ0v) is 14.5. The lowest BCUT2D eigenvalue weighted by molar-refractivity contribution is -0.114. The quantitative estimate of drug-likeness (QED) is 0.468. The molecule has 0 aromatic heterocycles. The minimum absolute atomic E-state index is 0.344. The van der Waals surface area contributed by atoms with E-state index in [2.05, 4.69) is 31.5 Å². The summed E-state index contributed by atoms with van der Waals surface area (Å²) in [5, 5.41) is 5.59. The Morgan fingerprint density at radius 3 is 2.74 bits per heavy atom. The van der Waals surface area contributed by atoms with Gasteiger partial charge in [-0.1, -0.05) is 15.9 Å². The molecule has 23 heavy (non-hydrogen) atoms. The molecule has 3 rings (SSSR count). The second-order valence-corrected chi connectivity index (χ2v) is 6.80. The Labute approximate surface area is 144 Å². The van der Waals surface area contributed by atoms with Crippen molar-refractivity contribution < 1.29 is 9.59 Å². The molecule has 1 fully saturated rings. The lowest BCUT2D eigenvalue weighted by Crippen LogP contribution is -2.37. The molecule has 0 unspecified atom stereocenters. The largest absolute Gasteiger partial charge is 0.390 e. The monoisotopic (exact) mass is 377 g/mol. The predicted octanol–water partition coefficient (Wildman–Crippen LogP) is 2.14. The molecule has 1 saturated heterocycles. The Balaban J connectivity index is 1.64. The summed E-state index contributed by atoms with van der Waals surface area (Å²) < 4.78 is 0.846. The molecule has 6 heteroatoms. The van der Waals surface area contributed by atoms with Crippen molar-refractivity contribution in [2.45, 2.75) is 19.3 Å². The fourth-order valence-electron chi connectivity index (χ4n) is 3.03. The van der Waals surface area contributed by atoms with Gasteiger partial charge in [-0.2, -0.15) is 0 Å². The second kappa shape index (κ2) is 7.27. The number of likely N-dealkylation sites (tertiary alicyclic amines) is 1. The van der Waals surface area contributed by atoms with Crippen LogP contribution in [0.15, 0.2) is 28.9 Å². The molecular formula is C17H20BrN3O2. The van der Waals surface area contributed by atoms with E-state index >= 15 is 0 Å². The van der Waals surface area contributed by atoms with E-state index in [9.17, 15) is 9.59 Å². The number of nitrogens with zero attached hydrogens (tertiary/aromatic N) is 1. The van der Waals surface area contributed by atoms with Gasteiger partial charge in [0.05, 0.1) is 5.57 Å².